The molecule has 0 spiro atoms. The van der Waals surface area contributed by atoms with Gasteiger partial charge in [-0.1, -0.05) is 6.07 Å². The number of hydrogen-bond acceptors (Lipinski definition) is 2. The molecule has 0 saturated heterocycles. The summed E-state index contributed by atoms with van der Waals surface area (Å²) in [6, 6.07) is 3.16. The third-order valence-electron chi connectivity index (χ3n) is 2.67. The van der Waals surface area contributed by atoms with Gasteiger partial charge in [0, 0.05) is 18.2 Å². The first-order valence-corrected chi connectivity index (χ1v) is 5.93. The lowest BCUT2D eigenvalue weighted by Gasteiger charge is -2.13. The van der Waals surface area contributed by atoms with Crippen LogP contribution in [0.2, 0.25) is 0 Å². The van der Waals surface area contributed by atoms with Gasteiger partial charge in [-0.25, -0.2) is 0 Å². The van der Waals surface area contributed by atoms with Crippen molar-refractivity contribution in [1.29, 1.82) is 0 Å². The molecule has 1 rings (SSSR count). The number of hydrogen-bond donors (Lipinski definition) is 2. The monoisotopic (exact) mass is 310 g/mol. The van der Waals surface area contributed by atoms with Crippen LogP contribution in [0.15, 0.2) is 18.2 Å². The average Bonchev–Trinajstić information content (AvgIpc) is 2.28. The van der Waals surface area contributed by atoms with Crippen molar-refractivity contribution in [1.82, 2.24) is 0 Å². The summed E-state index contributed by atoms with van der Waals surface area (Å²) in [5.41, 5.74) is 5.51. The van der Waals surface area contributed by atoms with Crippen molar-refractivity contribution in [2.75, 3.05) is 5.32 Å². The van der Waals surface area contributed by atoms with Crippen LogP contribution in [0.5, 0.6) is 0 Å². The predicted octanol–water partition coefficient (Wildman–Crippen LogP) is 3.50. The fourth-order valence-electron chi connectivity index (χ4n) is 1.50. The van der Waals surface area contributed by atoms with E-state index in [0.29, 0.717) is 12.0 Å². The molecule has 1 amide bonds. The van der Waals surface area contributed by atoms with E-state index >= 15 is 0 Å². The number of benzene rings is 1. The van der Waals surface area contributed by atoms with Crippen molar-refractivity contribution in [2.24, 2.45) is 5.73 Å². The van der Waals surface area contributed by atoms with Gasteiger partial charge >= 0.3 is 6.18 Å². The fourth-order valence-corrected chi connectivity index (χ4v) is 1.50. The zero-order valence-electron chi connectivity index (χ0n) is 11.3. The quantitative estimate of drug-likeness (QED) is 0.894. The maximum Gasteiger partial charge on any atom is 0.416 e. The Labute approximate surface area is 122 Å². The second kappa shape index (κ2) is 7.50. The minimum Gasteiger partial charge on any atom is -0.328 e. The van der Waals surface area contributed by atoms with E-state index in [4.69, 9.17) is 5.73 Å². The number of nitrogens with one attached hydrogen (secondary N) is 1. The largest absolute Gasteiger partial charge is 0.416 e. The van der Waals surface area contributed by atoms with Gasteiger partial charge in [0.2, 0.25) is 5.91 Å². The Hall–Kier alpha value is -1.27. The van der Waals surface area contributed by atoms with Crippen LogP contribution in [0.1, 0.15) is 30.9 Å². The van der Waals surface area contributed by atoms with E-state index in [0.717, 1.165) is 12.1 Å². The summed E-state index contributed by atoms with van der Waals surface area (Å²) in [4.78, 5) is 11.6. The summed E-state index contributed by atoms with van der Waals surface area (Å²) in [6.07, 6.45) is -3.74. The Morgan fingerprint density at radius 3 is 2.50 bits per heavy atom. The topological polar surface area (TPSA) is 55.1 Å². The molecule has 1 atom stereocenters. The molecule has 0 saturated carbocycles. The van der Waals surface area contributed by atoms with E-state index in [1.165, 1.54) is 6.07 Å². The smallest absolute Gasteiger partial charge is 0.328 e. The molecule has 3 N–H and O–H groups in total. The molecular weight excluding hydrogens is 293 g/mol. The second-order valence-electron chi connectivity index (χ2n) is 4.59. The molecule has 0 bridgehead atoms. The van der Waals surface area contributed by atoms with Crippen molar-refractivity contribution in [3.8, 4) is 0 Å². The van der Waals surface area contributed by atoms with Gasteiger partial charge in [-0.3, -0.25) is 4.79 Å². The van der Waals surface area contributed by atoms with E-state index in [1.54, 1.807) is 13.8 Å². The number of carbonyl (C=O) groups is 1. The number of alkyl halides is 3. The van der Waals surface area contributed by atoms with Gasteiger partial charge < -0.3 is 11.1 Å². The van der Waals surface area contributed by atoms with Crippen LogP contribution >= 0.6 is 12.4 Å². The molecule has 1 aromatic rings. The Kier molecular flexibility index (Phi) is 7.02. The molecule has 0 aliphatic carbocycles. The summed E-state index contributed by atoms with van der Waals surface area (Å²) in [7, 11) is 0. The van der Waals surface area contributed by atoms with E-state index in [2.05, 4.69) is 5.32 Å². The lowest BCUT2D eigenvalue weighted by Crippen LogP contribution is -2.20. The third kappa shape index (κ3) is 5.79. The average molecular weight is 311 g/mol. The molecule has 0 aliphatic heterocycles. The summed E-state index contributed by atoms with van der Waals surface area (Å²) < 4.78 is 37.7. The van der Waals surface area contributed by atoms with E-state index in [1.807, 2.05) is 0 Å². The molecule has 1 unspecified atom stereocenters. The minimum atomic E-state index is -4.42. The number of amides is 1. The van der Waals surface area contributed by atoms with Gasteiger partial charge in [0.05, 0.1) is 5.56 Å². The van der Waals surface area contributed by atoms with Crippen LogP contribution in [-0.2, 0) is 11.0 Å². The number of nitrogens with two attached hydrogens (primary N) is 1. The summed E-state index contributed by atoms with van der Waals surface area (Å²) >= 11 is 0. The standard InChI is InChI=1S/C13H17F3N2O.ClH/c1-8-3-5-10(13(14,15)16)7-11(8)18-12(19)6-4-9(2)17;/h3,5,7,9H,4,6,17H2,1-2H3,(H,18,19);1H. The molecule has 7 heteroatoms. The molecule has 0 aromatic heterocycles. The highest BCUT2D eigenvalue weighted by Crippen LogP contribution is 2.32. The summed E-state index contributed by atoms with van der Waals surface area (Å²) in [6.45, 7) is 3.41. The van der Waals surface area contributed by atoms with E-state index in [-0.39, 0.29) is 36.5 Å². The highest BCUT2D eigenvalue weighted by atomic mass is 35.5. The van der Waals surface area contributed by atoms with Gasteiger partial charge in [0.1, 0.15) is 0 Å². The van der Waals surface area contributed by atoms with Gasteiger partial charge in [0.15, 0.2) is 0 Å². The number of rotatable bonds is 4. The molecule has 0 heterocycles. The Morgan fingerprint density at radius 1 is 1.40 bits per heavy atom. The molecule has 114 valence electrons. The normalized spacial score (nSPS) is 12.5. The highest BCUT2D eigenvalue weighted by molar-refractivity contribution is 5.91. The summed E-state index contributed by atoms with van der Waals surface area (Å²) in [5, 5.41) is 2.48. The zero-order valence-corrected chi connectivity index (χ0v) is 12.1. The summed E-state index contributed by atoms with van der Waals surface area (Å²) in [5.74, 6) is -0.334. The number of anilines is 1. The lowest BCUT2D eigenvalue weighted by molar-refractivity contribution is -0.137. The van der Waals surface area contributed by atoms with Crippen LogP contribution in [0, 0.1) is 6.92 Å². The van der Waals surface area contributed by atoms with Crippen LogP contribution in [0.3, 0.4) is 0 Å². The Morgan fingerprint density at radius 2 is 2.00 bits per heavy atom. The molecule has 0 fully saturated rings. The second-order valence-corrected chi connectivity index (χ2v) is 4.59. The van der Waals surface area contributed by atoms with Crippen molar-refractivity contribution in [2.45, 2.75) is 38.9 Å². The first-order valence-electron chi connectivity index (χ1n) is 5.93. The maximum absolute atomic E-state index is 12.6. The van der Waals surface area contributed by atoms with E-state index < -0.39 is 11.7 Å². The van der Waals surface area contributed by atoms with Crippen molar-refractivity contribution in [3.05, 3.63) is 29.3 Å². The molecule has 1 aromatic carbocycles. The van der Waals surface area contributed by atoms with Gasteiger partial charge in [-0.2, -0.15) is 13.2 Å². The molecule has 20 heavy (non-hydrogen) atoms. The van der Waals surface area contributed by atoms with Crippen LogP contribution in [0.4, 0.5) is 18.9 Å². The zero-order chi connectivity index (χ0) is 14.6. The minimum absolute atomic E-state index is 0. The number of aryl methyl sites for hydroxylation is 1. The third-order valence-corrected chi connectivity index (χ3v) is 2.67. The Bertz CT molecular complexity index is 461. The molecule has 0 aliphatic rings. The van der Waals surface area contributed by atoms with Crippen LogP contribution in [0.25, 0.3) is 0 Å². The van der Waals surface area contributed by atoms with Crippen molar-refractivity contribution < 1.29 is 18.0 Å². The van der Waals surface area contributed by atoms with Gasteiger partial charge in [-0.05, 0) is 38.0 Å². The van der Waals surface area contributed by atoms with E-state index in [9.17, 15) is 18.0 Å². The van der Waals surface area contributed by atoms with Gasteiger partial charge in [-0.15, -0.1) is 12.4 Å². The first-order chi connectivity index (χ1) is 8.70. The van der Waals surface area contributed by atoms with Crippen molar-refractivity contribution in [3.63, 3.8) is 0 Å². The maximum atomic E-state index is 12.6. The van der Waals surface area contributed by atoms with Crippen LogP contribution in [-0.4, -0.2) is 11.9 Å². The first kappa shape index (κ1) is 18.7. The highest BCUT2D eigenvalue weighted by Gasteiger charge is 2.30. The lowest BCUT2D eigenvalue weighted by atomic mass is 10.1. The molecular formula is C13H18ClF3N2O. The molecule has 3 nitrogen and oxygen atoms in total. The number of carbonyl (C=O) groups excluding carboxylic acids is 1. The molecule has 0 radical (unpaired) electrons. The van der Waals surface area contributed by atoms with Gasteiger partial charge in [0.25, 0.3) is 0 Å². The SMILES string of the molecule is Cc1ccc(C(F)(F)F)cc1NC(=O)CCC(C)N.Cl. The fraction of sp³-hybridized carbons (Fsp3) is 0.462. The Balaban J connectivity index is 0.00000361. The van der Waals surface area contributed by atoms with Crippen LogP contribution < -0.4 is 11.1 Å². The van der Waals surface area contributed by atoms with Crippen molar-refractivity contribution >= 4 is 24.0 Å². The predicted molar refractivity (Wildman–Crippen MR) is 74.9 cm³/mol. The number of halogens is 4.